The second-order valence-corrected chi connectivity index (χ2v) is 5.14. The molecule has 2 atom stereocenters. The smallest absolute Gasteiger partial charge is 0.136 e. The minimum atomic E-state index is 0.487. The van der Waals surface area contributed by atoms with Crippen molar-refractivity contribution in [1.82, 2.24) is 0 Å². The van der Waals surface area contributed by atoms with Gasteiger partial charge in [-0.3, -0.25) is 4.79 Å². The zero-order chi connectivity index (χ0) is 8.13. The van der Waals surface area contributed by atoms with Crippen LogP contribution in [0.5, 0.6) is 0 Å². The van der Waals surface area contributed by atoms with Crippen molar-refractivity contribution in [2.24, 2.45) is 23.7 Å². The second-order valence-electron chi connectivity index (χ2n) is 5.14. The highest BCUT2D eigenvalue weighted by atomic mass is 16.1. The third kappa shape index (κ3) is 0.949. The number of carbonyl (C=O) groups excluding carboxylic acids is 1. The van der Waals surface area contributed by atoms with E-state index in [1.54, 1.807) is 0 Å². The summed E-state index contributed by atoms with van der Waals surface area (Å²) in [5, 5.41) is 0. The Labute approximate surface area is 73.5 Å². The molecule has 0 aromatic heterocycles. The van der Waals surface area contributed by atoms with E-state index in [2.05, 4.69) is 0 Å². The first-order valence-electron chi connectivity index (χ1n) is 5.34. The van der Waals surface area contributed by atoms with Gasteiger partial charge >= 0.3 is 0 Å². The normalized spacial score (nSPS) is 51.2. The van der Waals surface area contributed by atoms with Crippen molar-refractivity contribution in [2.45, 2.75) is 38.5 Å². The molecule has 4 aliphatic rings. The fourth-order valence-corrected chi connectivity index (χ4v) is 3.87. The van der Waals surface area contributed by atoms with Crippen molar-refractivity contribution >= 4 is 5.78 Å². The van der Waals surface area contributed by atoms with Crippen molar-refractivity contribution < 1.29 is 4.79 Å². The Morgan fingerprint density at radius 1 is 0.833 bits per heavy atom. The van der Waals surface area contributed by atoms with Gasteiger partial charge in [-0.1, -0.05) is 0 Å². The molecule has 66 valence electrons. The first-order valence-corrected chi connectivity index (χ1v) is 5.34. The average molecular weight is 164 g/mol. The predicted octanol–water partition coefficient (Wildman–Crippen LogP) is 2.40. The molecule has 4 rings (SSSR count). The van der Waals surface area contributed by atoms with Gasteiger partial charge < -0.3 is 0 Å². The fraction of sp³-hybridized carbons (Fsp3) is 0.909. The minimum Gasteiger partial charge on any atom is -0.299 e. The average Bonchev–Trinajstić information content (AvgIpc) is 2.16. The highest BCUT2D eigenvalue weighted by Gasteiger charge is 2.42. The molecular weight excluding hydrogens is 148 g/mol. The molecule has 0 radical (unpaired) electrons. The molecule has 0 amide bonds. The van der Waals surface area contributed by atoms with Crippen LogP contribution in [-0.2, 0) is 4.79 Å². The van der Waals surface area contributed by atoms with Crippen LogP contribution in [0.15, 0.2) is 0 Å². The number of hydrogen-bond acceptors (Lipinski definition) is 1. The van der Waals surface area contributed by atoms with Crippen molar-refractivity contribution in [3.8, 4) is 0 Å². The van der Waals surface area contributed by atoms with Crippen molar-refractivity contribution in [2.75, 3.05) is 0 Å². The van der Waals surface area contributed by atoms with Gasteiger partial charge in [-0.2, -0.15) is 0 Å². The first kappa shape index (κ1) is 7.11. The van der Waals surface area contributed by atoms with E-state index in [1.807, 2.05) is 0 Å². The summed E-state index contributed by atoms with van der Waals surface area (Å²) in [4.78, 5) is 11.7. The Bertz CT molecular complexity index is 207. The van der Waals surface area contributed by atoms with Crippen molar-refractivity contribution in [3.05, 3.63) is 0 Å². The summed E-state index contributed by atoms with van der Waals surface area (Å²) in [5.41, 5.74) is 0. The largest absolute Gasteiger partial charge is 0.299 e. The van der Waals surface area contributed by atoms with E-state index in [9.17, 15) is 4.79 Å². The summed E-state index contributed by atoms with van der Waals surface area (Å²) in [5.74, 6) is 3.73. The summed E-state index contributed by atoms with van der Waals surface area (Å²) in [6.07, 6.45) is 7.60. The lowest BCUT2D eigenvalue weighted by atomic mass is 9.68. The molecular formula is C11H16O. The van der Waals surface area contributed by atoms with Gasteiger partial charge in [0.15, 0.2) is 0 Å². The maximum Gasteiger partial charge on any atom is 0.136 e. The number of rotatable bonds is 0. The van der Waals surface area contributed by atoms with Crippen LogP contribution in [-0.4, -0.2) is 5.78 Å². The Morgan fingerprint density at radius 2 is 1.42 bits per heavy atom. The highest BCUT2D eigenvalue weighted by molar-refractivity contribution is 5.82. The lowest BCUT2D eigenvalue weighted by molar-refractivity contribution is -0.123. The number of hydrogen-bond donors (Lipinski definition) is 0. The molecule has 0 N–H and O–H groups in total. The van der Waals surface area contributed by atoms with E-state index in [-0.39, 0.29) is 0 Å². The Morgan fingerprint density at radius 3 is 2.08 bits per heavy atom. The maximum absolute atomic E-state index is 11.7. The molecule has 4 aliphatic carbocycles. The monoisotopic (exact) mass is 164 g/mol. The summed E-state index contributed by atoms with van der Waals surface area (Å²) in [6, 6.07) is 0. The highest BCUT2D eigenvalue weighted by Crippen LogP contribution is 2.49. The molecule has 0 unspecified atom stereocenters. The first-order chi connectivity index (χ1) is 5.81. The molecule has 12 heavy (non-hydrogen) atoms. The summed E-state index contributed by atoms with van der Waals surface area (Å²) < 4.78 is 0. The van der Waals surface area contributed by atoms with E-state index >= 15 is 0 Å². The minimum absolute atomic E-state index is 0.487. The van der Waals surface area contributed by atoms with Gasteiger partial charge in [0.2, 0.25) is 0 Å². The van der Waals surface area contributed by atoms with Crippen LogP contribution in [0.4, 0.5) is 0 Å². The molecule has 0 heterocycles. The van der Waals surface area contributed by atoms with Gasteiger partial charge in [-0.05, 0) is 49.9 Å². The molecule has 0 aromatic rings. The van der Waals surface area contributed by atoms with E-state index in [0.717, 1.165) is 24.2 Å². The standard InChI is InChI=1S/C11H16O/c12-11-6-9-2-7-1-8(3-9)5-10(11)4-7/h7-10H,1-6H2/t7-,8-,9?,10?/m0/s1. The van der Waals surface area contributed by atoms with Crippen LogP contribution in [0, 0.1) is 23.7 Å². The number of ketones is 1. The Hall–Kier alpha value is -0.330. The third-order valence-electron chi connectivity index (χ3n) is 4.18. The molecule has 4 bridgehead atoms. The molecule has 0 aromatic carbocycles. The quantitative estimate of drug-likeness (QED) is 0.537. The number of carbonyl (C=O) groups is 1. The van der Waals surface area contributed by atoms with Crippen LogP contribution in [0.2, 0.25) is 0 Å². The van der Waals surface area contributed by atoms with Gasteiger partial charge in [0.05, 0.1) is 0 Å². The zero-order valence-corrected chi connectivity index (χ0v) is 7.46. The molecule has 4 fully saturated rings. The summed E-state index contributed by atoms with van der Waals surface area (Å²) in [6.45, 7) is 0. The second kappa shape index (κ2) is 2.34. The van der Waals surface area contributed by atoms with Crippen LogP contribution < -0.4 is 0 Å². The van der Waals surface area contributed by atoms with E-state index in [0.29, 0.717) is 11.7 Å². The van der Waals surface area contributed by atoms with Crippen molar-refractivity contribution in [3.63, 3.8) is 0 Å². The Balaban J connectivity index is 1.95. The topological polar surface area (TPSA) is 17.1 Å². The lowest BCUT2D eigenvalue weighted by Crippen LogP contribution is -2.27. The molecule has 4 saturated carbocycles. The van der Waals surface area contributed by atoms with Crippen LogP contribution in [0.1, 0.15) is 38.5 Å². The molecule has 1 heteroatoms. The predicted molar refractivity (Wildman–Crippen MR) is 46.7 cm³/mol. The van der Waals surface area contributed by atoms with Crippen LogP contribution in [0.25, 0.3) is 0 Å². The van der Waals surface area contributed by atoms with E-state index in [4.69, 9.17) is 0 Å². The molecule has 0 spiro atoms. The van der Waals surface area contributed by atoms with Gasteiger partial charge in [0.1, 0.15) is 5.78 Å². The third-order valence-corrected chi connectivity index (χ3v) is 4.18. The van der Waals surface area contributed by atoms with E-state index < -0.39 is 0 Å². The van der Waals surface area contributed by atoms with Crippen LogP contribution in [0.3, 0.4) is 0 Å². The van der Waals surface area contributed by atoms with Crippen LogP contribution >= 0.6 is 0 Å². The molecule has 1 nitrogen and oxygen atoms in total. The zero-order valence-electron chi connectivity index (χ0n) is 7.46. The Kier molecular flexibility index (Phi) is 1.38. The van der Waals surface area contributed by atoms with Gasteiger partial charge in [-0.25, -0.2) is 0 Å². The SMILES string of the molecule is O=C1CC2C[C@H]3CC1C[C@H](C2)C3. The lowest BCUT2D eigenvalue weighted by Gasteiger charge is -2.37. The molecule has 0 saturated heterocycles. The van der Waals surface area contributed by atoms with Gasteiger partial charge in [-0.15, -0.1) is 0 Å². The van der Waals surface area contributed by atoms with Gasteiger partial charge in [0.25, 0.3) is 0 Å². The number of fused-ring (bicyclic) bond motifs is 1. The maximum atomic E-state index is 11.7. The number of Topliss-reactive ketones (excluding diaryl/α,β-unsaturated/α-hetero) is 1. The summed E-state index contributed by atoms with van der Waals surface area (Å²) in [7, 11) is 0. The fourth-order valence-electron chi connectivity index (χ4n) is 3.87. The van der Waals surface area contributed by atoms with Gasteiger partial charge in [0, 0.05) is 12.3 Å². The van der Waals surface area contributed by atoms with Crippen molar-refractivity contribution in [1.29, 1.82) is 0 Å². The summed E-state index contributed by atoms with van der Waals surface area (Å²) >= 11 is 0. The van der Waals surface area contributed by atoms with E-state index in [1.165, 1.54) is 32.1 Å². The molecule has 0 aliphatic heterocycles.